The minimum atomic E-state index is -3.82. The third-order valence-electron chi connectivity index (χ3n) is 6.31. The molecule has 1 aliphatic rings. The Morgan fingerprint density at radius 3 is 2.30 bits per heavy atom. The highest BCUT2D eigenvalue weighted by Crippen LogP contribution is 2.35. The van der Waals surface area contributed by atoms with Gasteiger partial charge in [0.15, 0.2) is 5.03 Å². The Morgan fingerprint density at radius 1 is 0.879 bits per heavy atom. The zero-order chi connectivity index (χ0) is 22.5. The molecule has 0 atom stereocenters. The van der Waals surface area contributed by atoms with Crippen molar-refractivity contribution in [3.8, 4) is 0 Å². The number of anilines is 1. The zero-order valence-electron chi connectivity index (χ0n) is 19.1. The SMILES string of the molecule is CC(C)n1nc(S(=O)(=O)c2cccc3ccccc23)c2cc(N3CCN(C)CC3)ccc21.Cl. The number of hydrogen-bond donors (Lipinski definition) is 0. The molecule has 33 heavy (non-hydrogen) atoms. The third kappa shape index (κ3) is 4.09. The molecule has 4 aromatic rings. The van der Waals surface area contributed by atoms with E-state index in [1.54, 1.807) is 12.1 Å². The Balaban J connectivity index is 0.00000259. The second kappa shape index (κ2) is 8.97. The molecule has 0 unspecified atom stereocenters. The van der Waals surface area contributed by atoms with Crippen LogP contribution in [0.1, 0.15) is 19.9 Å². The van der Waals surface area contributed by atoms with Crippen LogP contribution in [0.3, 0.4) is 0 Å². The molecule has 0 spiro atoms. The normalized spacial score (nSPS) is 15.3. The second-order valence-corrected chi connectivity index (χ2v) is 10.6. The lowest BCUT2D eigenvalue weighted by molar-refractivity contribution is 0.313. The summed E-state index contributed by atoms with van der Waals surface area (Å²) in [7, 11) is -1.69. The molecular weight excluding hydrogens is 456 g/mol. The maximum atomic E-state index is 13.9. The first-order chi connectivity index (χ1) is 15.4. The molecule has 0 N–H and O–H groups in total. The summed E-state index contributed by atoms with van der Waals surface area (Å²) in [6.07, 6.45) is 0. The number of fused-ring (bicyclic) bond motifs is 2. The highest BCUT2D eigenvalue weighted by atomic mass is 35.5. The van der Waals surface area contributed by atoms with Crippen LogP contribution < -0.4 is 4.90 Å². The average Bonchev–Trinajstić information content (AvgIpc) is 3.19. The monoisotopic (exact) mass is 484 g/mol. The third-order valence-corrected chi connectivity index (χ3v) is 8.05. The van der Waals surface area contributed by atoms with Gasteiger partial charge in [0.1, 0.15) is 0 Å². The van der Waals surface area contributed by atoms with Gasteiger partial charge in [-0.3, -0.25) is 4.68 Å². The number of rotatable bonds is 4. The topological polar surface area (TPSA) is 58.4 Å². The van der Waals surface area contributed by atoms with Crippen molar-refractivity contribution in [1.29, 1.82) is 0 Å². The summed E-state index contributed by atoms with van der Waals surface area (Å²) in [5, 5.41) is 7.08. The van der Waals surface area contributed by atoms with Crippen LogP contribution in [0, 0.1) is 0 Å². The van der Waals surface area contributed by atoms with E-state index in [9.17, 15) is 8.42 Å². The Bertz CT molecular complexity index is 1400. The maximum absolute atomic E-state index is 13.9. The van der Waals surface area contributed by atoms with Gasteiger partial charge in [-0.2, -0.15) is 5.10 Å². The maximum Gasteiger partial charge on any atom is 0.226 e. The van der Waals surface area contributed by atoms with Crippen molar-refractivity contribution in [2.75, 3.05) is 38.1 Å². The summed E-state index contributed by atoms with van der Waals surface area (Å²) < 4.78 is 29.7. The van der Waals surface area contributed by atoms with Crippen LogP contribution >= 0.6 is 12.4 Å². The molecule has 0 aliphatic carbocycles. The van der Waals surface area contributed by atoms with E-state index < -0.39 is 9.84 Å². The van der Waals surface area contributed by atoms with E-state index >= 15 is 0 Å². The minimum Gasteiger partial charge on any atom is -0.369 e. The molecule has 174 valence electrons. The Hall–Kier alpha value is -2.61. The fourth-order valence-electron chi connectivity index (χ4n) is 4.49. The summed E-state index contributed by atoms with van der Waals surface area (Å²) in [5.41, 5.74) is 1.89. The molecule has 0 bridgehead atoms. The molecule has 1 saturated heterocycles. The number of piperazine rings is 1. The molecule has 0 amide bonds. The minimum absolute atomic E-state index is 0. The highest BCUT2D eigenvalue weighted by Gasteiger charge is 2.28. The van der Waals surface area contributed by atoms with E-state index in [1.165, 1.54) is 0 Å². The fraction of sp³-hybridized carbons (Fsp3) is 0.320. The molecule has 1 aromatic heterocycles. The Morgan fingerprint density at radius 2 is 1.58 bits per heavy atom. The van der Waals surface area contributed by atoms with Gasteiger partial charge in [-0.1, -0.05) is 36.4 Å². The fourth-order valence-corrected chi connectivity index (χ4v) is 6.08. The van der Waals surface area contributed by atoms with Gasteiger partial charge in [0, 0.05) is 48.7 Å². The molecule has 5 rings (SSSR count). The lowest BCUT2D eigenvalue weighted by Crippen LogP contribution is -2.44. The van der Waals surface area contributed by atoms with Gasteiger partial charge in [0.2, 0.25) is 9.84 Å². The standard InChI is InChI=1S/C25H28N4O2S.ClH/c1-18(2)29-23-12-11-20(28-15-13-27(3)14-16-28)17-22(23)25(26-29)32(30,31)24-10-6-8-19-7-4-5-9-21(19)24;/h4-12,17-18H,13-16H2,1-3H3;1H. The largest absolute Gasteiger partial charge is 0.369 e. The molecule has 2 heterocycles. The van der Waals surface area contributed by atoms with Crippen LogP contribution in [0.4, 0.5) is 5.69 Å². The van der Waals surface area contributed by atoms with Crippen molar-refractivity contribution in [2.45, 2.75) is 29.8 Å². The summed E-state index contributed by atoms with van der Waals surface area (Å²) in [6.45, 7) is 7.87. The summed E-state index contributed by atoms with van der Waals surface area (Å²) in [6, 6.07) is 19.2. The van der Waals surface area contributed by atoms with Crippen LogP contribution in [-0.4, -0.2) is 56.3 Å². The molecule has 6 nitrogen and oxygen atoms in total. The smallest absolute Gasteiger partial charge is 0.226 e. The lowest BCUT2D eigenvalue weighted by atomic mass is 10.1. The van der Waals surface area contributed by atoms with Gasteiger partial charge in [-0.25, -0.2) is 8.42 Å². The Labute approximate surface area is 201 Å². The molecule has 0 saturated carbocycles. The van der Waals surface area contributed by atoms with E-state index in [-0.39, 0.29) is 23.5 Å². The van der Waals surface area contributed by atoms with Gasteiger partial charge in [-0.15, -0.1) is 12.4 Å². The van der Waals surface area contributed by atoms with E-state index in [1.807, 2.05) is 61.0 Å². The molecule has 8 heteroatoms. The highest BCUT2D eigenvalue weighted by molar-refractivity contribution is 7.91. The van der Waals surface area contributed by atoms with Gasteiger partial charge >= 0.3 is 0 Å². The molecule has 3 aromatic carbocycles. The predicted octanol–water partition coefficient (Wildman–Crippen LogP) is 4.78. The van der Waals surface area contributed by atoms with Crippen molar-refractivity contribution >= 4 is 49.6 Å². The van der Waals surface area contributed by atoms with Crippen molar-refractivity contribution in [2.24, 2.45) is 0 Å². The van der Waals surface area contributed by atoms with E-state index in [2.05, 4.69) is 28.0 Å². The van der Waals surface area contributed by atoms with Crippen LogP contribution in [0.15, 0.2) is 70.6 Å². The van der Waals surface area contributed by atoms with Crippen LogP contribution in [-0.2, 0) is 9.84 Å². The quantitative estimate of drug-likeness (QED) is 0.417. The number of benzene rings is 3. The van der Waals surface area contributed by atoms with E-state index in [0.29, 0.717) is 10.3 Å². The first-order valence-corrected chi connectivity index (χ1v) is 12.5. The first kappa shape index (κ1) is 23.5. The van der Waals surface area contributed by atoms with E-state index in [4.69, 9.17) is 0 Å². The number of aromatic nitrogens is 2. The molecule has 1 aliphatic heterocycles. The van der Waals surface area contributed by atoms with Gasteiger partial charge < -0.3 is 9.80 Å². The zero-order valence-corrected chi connectivity index (χ0v) is 20.7. The van der Waals surface area contributed by atoms with Crippen LogP contribution in [0.5, 0.6) is 0 Å². The summed E-state index contributed by atoms with van der Waals surface area (Å²) in [5.74, 6) is 0. The molecule has 0 radical (unpaired) electrons. The average molecular weight is 485 g/mol. The van der Waals surface area contributed by atoms with Crippen LogP contribution in [0.25, 0.3) is 21.7 Å². The number of nitrogens with zero attached hydrogens (tertiary/aromatic N) is 4. The van der Waals surface area contributed by atoms with Crippen molar-refractivity contribution < 1.29 is 8.42 Å². The van der Waals surface area contributed by atoms with E-state index in [0.717, 1.165) is 48.2 Å². The van der Waals surface area contributed by atoms with Crippen LogP contribution in [0.2, 0.25) is 0 Å². The van der Waals surface area contributed by atoms with Gasteiger partial charge in [0.05, 0.1) is 10.4 Å². The number of sulfone groups is 1. The number of likely N-dealkylation sites (N-methyl/N-ethyl adjacent to an activating group) is 1. The predicted molar refractivity (Wildman–Crippen MR) is 136 cm³/mol. The first-order valence-electron chi connectivity index (χ1n) is 11.0. The van der Waals surface area contributed by atoms with Crippen molar-refractivity contribution in [3.63, 3.8) is 0 Å². The number of hydrogen-bond acceptors (Lipinski definition) is 5. The second-order valence-electron chi connectivity index (χ2n) is 8.82. The number of halogens is 1. The van der Waals surface area contributed by atoms with Gasteiger partial charge in [0.25, 0.3) is 0 Å². The van der Waals surface area contributed by atoms with Crippen molar-refractivity contribution in [1.82, 2.24) is 14.7 Å². The lowest BCUT2D eigenvalue weighted by Gasteiger charge is -2.34. The van der Waals surface area contributed by atoms with Gasteiger partial charge in [-0.05, 0) is 50.5 Å². The Kier molecular flexibility index (Phi) is 6.40. The summed E-state index contributed by atoms with van der Waals surface area (Å²) in [4.78, 5) is 4.93. The molecular formula is C25H29ClN4O2S. The molecule has 1 fully saturated rings. The summed E-state index contributed by atoms with van der Waals surface area (Å²) >= 11 is 0. The van der Waals surface area contributed by atoms with Crippen molar-refractivity contribution in [3.05, 3.63) is 60.7 Å².